The van der Waals surface area contributed by atoms with E-state index in [1.807, 2.05) is 24.3 Å². The van der Waals surface area contributed by atoms with Gasteiger partial charge in [-0.15, -0.1) is 0 Å². The predicted molar refractivity (Wildman–Crippen MR) is 95.1 cm³/mol. The number of amidine groups is 1. The molecule has 1 saturated heterocycles. The Labute approximate surface area is 140 Å². The van der Waals surface area contributed by atoms with Gasteiger partial charge in [0.1, 0.15) is 0 Å². The summed E-state index contributed by atoms with van der Waals surface area (Å²) < 4.78 is 0. The van der Waals surface area contributed by atoms with Gasteiger partial charge in [-0.05, 0) is 17.5 Å². The van der Waals surface area contributed by atoms with E-state index < -0.39 is 0 Å². The van der Waals surface area contributed by atoms with Gasteiger partial charge in [-0.3, -0.25) is 5.43 Å². The minimum atomic E-state index is -0.00910. The highest BCUT2D eigenvalue weighted by Crippen LogP contribution is 2.33. The van der Waals surface area contributed by atoms with E-state index in [9.17, 15) is 0 Å². The van der Waals surface area contributed by atoms with Crippen LogP contribution in [0.25, 0.3) is 0 Å². The Balaban J connectivity index is 1.70. The van der Waals surface area contributed by atoms with Crippen LogP contribution in [0.15, 0.2) is 70.9 Å². The zero-order valence-corrected chi connectivity index (χ0v) is 13.2. The maximum Gasteiger partial charge on any atom is 0.161 e. The Morgan fingerprint density at radius 3 is 2.29 bits per heavy atom. The van der Waals surface area contributed by atoms with Crippen LogP contribution in [0.2, 0.25) is 0 Å². The third-order valence-electron chi connectivity index (χ3n) is 4.68. The number of nitrogens with one attached hydrogen (secondary N) is 3. The second-order valence-corrected chi connectivity index (χ2v) is 6.07. The summed E-state index contributed by atoms with van der Waals surface area (Å²) in [6.45, 7) is 0. The average molecular weight is 320 g/mol. The van der Waals surface area contributed by atoms with Crippen LogP contribution >= 0.6 is 0 Å². The average Bonchev–Trinajstić information content (AvgIpc) is 2.97. The van der Waals surface area contributed by atoms with Gasteiger partial charge in [0.15, 0.2) is 5.84 Å². The van der Waals surface area contributed by atoms with Crippen molar-refractivity contribution in [3.05, 3.63) is 71.8 Å². The molecule has 0 radical (unpaired) electrons. The first kappa shape index (κ1) is 14.9. The Morgan fingerprint density at radius 2 is 1.58 bits per heavy atom. The quantitative estimate of drug-likeness (QED) is 0.499. The highest BCUT2D eigenvalue weighted by Gasteiger charge is 2.41. The fraction of sp³-hybridized carbons (Fsp3) is 0.222. The summed E-state index contributed by atoms with van der Waals surface area (Å²) in [6, 6.07) is 20.8. The molecule has 6 heteroatoms. The molecule has 1 fully saturated rings. The molecule has 0 aliphatic carbocycles. The number of nitrogens with zero attached hydrogens (tertiary/aromatic N) is 2. The maximum atomic E-state index is 5.59. The minimum Gasteiger partial charge on any atom is -0.321 e. The van der Waals surface area contributed by atoms with Gasteiger partial charge in [0.2, 0.25) is 0 Å². The number of nitrogens with two attached hydrogens (primary N) is 1. The molecule has 2 aliphatic rings. The van der Waals surface area contributed by atoms with E-state index in [4.69, 9.17) is 5.84 Å². The van der Waals surface area contributed by atoms with Crippen LogP contribution in [0.4, 0.5) is 0 Å². The fourth-order valence-corrected chi connectivity index (χ4v) is 3.47. The molecular formula is C18H20N6. The lowest BCUT2D eigenvalue weighted by Crippen LogP contribution is -2.43. The lowest BCUT2D eigenvalue weighted by atomic mass is 9.84. The van der Waals surface area contributed by atoms with E-state index in [2.05, 4.69) is 62.9 Å². The normalized spacial score (nSPS) is 27.9. The van der Waals surface area contributed by atoms with Crippen molar-refractivity contribution in [2.24, 2.45) is 22.0 Å². The molecule has 2 aromatic carbocycles. The summed E-state index contributed by atoms with van der Waals surface area (Å²) in [7, 11) is 0. The van der Waals surface area contributed by atoms with Crippen molar-refractivity contribution in [3.8, 4) is 0 Å². The molecule has 0 amide bonds. The van der Waals surface area contributed by atoms with Gasteiger partial charge in [-0.1, -0.05) is 60.7 Å². The highest BCUT2D eigenvalue weighted by molar-refractivity contribution is 6.03. The molecule has 4 rings (SSSR count). The molecule has 0 spiro atoms. The molecule has 3 atom stereocenters. The van der Waals surface area contributed by atoms with Crippen molar-refractivity contribution < 1.29 is 0 Å². The molecule has 0 aromatic heterocycles. The first-order valence-corrected chi connectivity index (χ1v) is 8.08. The Morgan fingerprint density at radius 1 is 0.917 bits per heavy atom. The molecule has 6 nitrogen and oxygen atoms in total. The summed E-state index contributed by atoms with van der Waals surface area (Å²) in [5.74, 6) is 6.49. The van der Waals surface area contributed by atoms with Gasteiger partial charge in [0.05, 0.1) is 17.8 Å². The zero-order chi connectivity index (χ0) is 16.4. The predicted octanol–water partition coefficient (Wildman–Crippen LogP) is 1.49. The van der Waals surface area contributed by atoms with Gasteiger partial charge >= 0.3 is 0 Å². The van der Waals surface area contributed by atoms with Crippen molar-refractivity contribution in [3.63, 3.8) is 0 Å². The minimum absolute atomic E-state index is 0.00910. The van der Waals surface area contributed by atoms with E-state index in [0.29, 0.717) is 5.84 Å². The van der Waals surface area contributed by atoms with Crippen LogP contribution < -0.4 is 22.1 Å². The van der Waals surface area contributed by atoms with E-state index in [1.165, 1.54) is 5.56 Å². The van der Waals surface area contributed by atoms with Crippen LogP contribution in [0.3, 0.4) is 0 Å². The molecule has 0 saturated carbocycles. The second kappa shape index (κ2) is 6.43. The fourth-order valence-electron chi connectivity index (χ4n) is 3.47. The van der Waals surface area contributed by atoms with Gasteiger partial charge in [0.25, 0.3) is 0 Å². The van der Waals surface area contributed by atoms with Crippen LogP contribution in [0.1, 0.15) is 23.6 Å². The standard InChI is InChI=1S/C18H20N6/c19-20-18-17-14(16(22-23-17)13-9-5-2-6-10-13)11-15(21-24-18)12-7-3-1-4-8-12/h1-10,14,16-17,22-23H,11,19H2,(H,20,24). The number of hydrogen-bond acceptors (Lipinski definition) is 5. The van der Waals surface area contributed by atoms with Crippen molar-refractivity contribution in [2.45, 2.75) is 18.5 Å². The molecule has 122 valence electrons. The molecule has 0 bridgehead atoms. The van der Waals surface area contributed by atoms with E-state index in [-0.39, 0.29) is 18.0 Å². The lowest BCUT2D eigenvalue weighted by molar-refractivity contribution is 0.476. The van der Waals surface area contributed by atoms with Crippen LogP contribution in [-0.4, -0.2) is 17.6 Å². The monoisotopic (exact) mass is 320 g/mol. The Bertz CT molecular complexity index is 756. The Kier molecular flexibility index (Phi) is 3.98. The van der Waals surface area contributed by atoms with Crippen molar-refractivity contribution in [1.82, 2.24) is 16.3 Å². The molecule has 24 heavy (non-hydrogen) atoms. The number of hydrazine groups is 1. The van der Waals surface area contributed by atoms with Gasteiger partial charge in [-0.25, -0.2) is 10.9 Å². The van der Waals surface area contributed by atoms with Crippen molar-refractivity contribution in [1.29, 1.82) is 0 Å². The van der Waals surface area contributed by atoms with Crippen molar-refractivity contribution in [2.75, 3.05) is 0 Å². The van der Waals surface area contributed by atoms with Crippen LogP contribution in [0.5, 0.6) is 0 Å². The van der Waals surface area contributed by atoms with E-state index >= 15 is 0 Å². The SMILES string of the molecule is N/N=C1/NN=C(c2ccccc2)CC2C1NNC2c1ccccc1. The van der Waals surface area contributed by atoms with E-state index in [1.54, 1.807) is 0 Å². The number of rotatable bonds is 2. The van der Waals surface area contributed by atoms with Gasteiger partial charge < -0.3 is 5.84 Å². The van der Waals surface area contributed by atoms with Crippen molar-refractivity contribution >= 4 is 11.5 Å². The second-order valence-electron chi connectivity index (χ2n) is 6.07. The first-order valence-electron chi connectivity index (χ1n) is 8.08. The summed E-state index contributed by atoms with van der Waals surface area (Å²) in [5.41, 5.74) is 13.1. The van der Waals surface area contributed by atoms with Gasteiger partial charge in [-0.2, -0.15) is 10.2 Å². The maximum absolute atomic E-state index is 5.59. The van der Waals surface area contributed by atoms with E-state index in [0.717, 1.165) is 17.7 Å². The summed E-state index contributed by atoms with van der Waals surface area (Å²) in [6.07, 6.45) is 0.820. The molecular weight excluding hydrogens is 300 g/mol. The summed E-state index contributed by atoms with van der Waals surface area (Å²) in [5, 5.41) is 8.45. The summed E-state index contributed by atoms with van der Waals surface area (Å²) in [4.78, 5) is 0. The molecule has 2 aliphatic heterocycles. The molecule has 3 unspecified atom stereocenters. The lowest BCUT2D eigenvalue weighted by Gasteiger charge is -2.21. The zero-order valence-electron chi connectivity index (χ0n) is 13.2. The number of benzene rings is 2. The van der Waals surface area contributed by atoms with Crippen LogP contribution in [0, 0.1) is 5.92 Å². The number of hydrazone groups is 2. The molecule has 5 N–H and O–H groups in total. The van der Waals surface area contributed by atoms with Crippen LogP contribution in [-0.2, 0) is 0 Å². The summed E-state index contributed by atoms with van der Waals surface area (Å²) >= 11 is 0. The smallest absolute Gasteiger partial charge is 0.161 e. The van der Waals surface area contributed by atoms with Gasteiger partial charge in [0, 0.05) is 5.92 Å². The number of fused-ring (bicyclic) bond motifs is 1. The number of hydrogen-bond donors (Lipinski definition) is 4. The largest absolute Gasteiger partial charge is 0.321 e. The third-order valence-corrected chi connectivity index (χ3v) is 4.68. The Hall–Kier alpha value is -2.70. The third kappa shape index (κ3) is 2.66. The topological polar surface area (TPSA) is 86.8 Å². The molecule has 2 heterocycles. The first-order chi connectivity index (χ1) is 11.9. The molecule has 2 aromatic rings. The highest BCUT2D eigenvalue weighted by atomic mass is 15.5.